The predicted molar refractivity (Wildman–Crippen MR) is 103 cm³/mol. The Morgan fingerprint density at radius 2 is 1.62 bits per heavy atom. The van der Waals surface area contributed by atoms with Crippen LogP contribution in [0.4, 0.5) is 11.4 Å². The van der Waals surface area contributed by atoms with Crippen LogP contribution in [0.3, 0.4) is 0 Å². The number of benzene rings is 2. The number of nitrogens with one attached hydrogen (secondary N) is 1. The van der Waals surface area contributed by atoms with E-state index in [0.29, 0.717) is 10.6 Å². The van der Waals surface area contributed by atoms with Crippen LogP contribution in [0.5, 0.6) is 0 Å². The fraction of sp³-hybridized carbons (Fsp3) is 0.300. The number of hydrogen-bond acceptors (Lipinski definition) is 4. The third-order valence-corrected chi connectivity index (χ3v) is 4.52. The molecule has 1 heterocycles. The van der Waals surface area contributed by atoms with Crippen molar-refractivity contribution in [2.24, 2.45) is 0 Å². The Kier molecular flexibility index (Phi) is 6.26. The molecule has 0 unspecified atom stereocenters. The van der Waals surface area contributed by atoms with E-state index in [1.54, 1.807) is 24.3 Å². The fourth-order valence-corrected chi connectivity index (χ4v) is 2.93. The van der Waals surface area contributed by atoms with E-state index < -0.39 is 0 Å². The predicted octanol–water partition coefficient (Wildman–Crippen LogP) is 3.78. The van der Waals surface area contributed by atoms with Crippen LogP contribution in [-0.4, -0.2) is 38.0 Å². The average Bonchev–Trinajstić information content (AvgIpc) is 2.68. The molecule has 0 saturated carbocycles. The fourth-order valence-electron chi connectivity index (χ4n) is 2.81. The lowest BCUT2D eigenvalue weighted by Gasteiger charge is -2.28. The monoisotopic (exact) mass is 372 g/mol. The summed E-state index contributed by atoms with van der Waals surface area (Å²) < 4.78 is 5.35. The van der Waals surface area contributed by atoms with Crippen LogP contribution >= 0.6 is 11.6 Å². The maximum absolute atomic E-state index is 12.1. The molecule has 0 bridgehead atoms. The second kappa shape index (κ2) is 8.83. The highest BCUT2D eigenvalue weighted by Gasteiger charge is 2.12. The summed E-state index contributed by atoms with van der Waals surface area (Å²) in [6.45, 7) is 3.22. The van der Waals surface area contributed by atoms with Gasteiger partial charge in [-0.15, -0.1) is 0 Å². The SMILES string of the molecule is O=C(CCC(=O)c1ccc(Cl)cc1)Nc1ccc(N2CCOCC2)cc1. The lowest BCUT2D eigenvalue weighted by molar-refractivity contribution is -0.116. The topological polar surface area (TPSA) is 58.6 Å². The largest absolute Gasteiger partial charge is 0.378 e. The Labute approximate surface area is 157 Å². The highest BCUT2D eigenvalue weighted by Crippen LogP contribution is 2.19. The number of ether oxygens (including phenoxy) is 1. The smallest absolute Gasteiger partial charge is 0.224 e. The number of morpholine rings is 1. The summed E-state index contributed by atoms with van der Waals surface area (Å²) in [4.78, 5) is 26.4. The first kappa shape index (κ1) is 18.4. The molecule has 1 amide bonds. The lowest BCUT2D eigenvalue weighted by atomic mass is 10.1. The Hall–Kier alpha value is -2.37. The van der Waals surface area contributed by atoms with E-state index in [9.17, 15) is 9.59 Å². The molecule has 26 heavy (non-hydrogen) atoms. The average molecular weight is 373 g/mol. The molecule has 1 saturated heterocycles. The van der Waals surface area contributed by atoms with E-state index in [2.05, 4.69) is 10.2 Å². The summed E-state index contributed by atoms with van der Waals surface area (Å²) in [6.07, 6.45) is 0.312. The third kappa shape index (κ3) is 5.07. The van der Waals surface area contributed by atoms with Gasteiger partial charge in [-0.1, -0.05) is 11.6 Å². The molecule has 0 atom stereocenters. The summed E-state index contributed by atoms with van der Waals surface area (Å²) >= 11 is 5.81. The van der Waals surface area contributed by atoms with Gasteiger partial charge in [-0.25, -0.2) is 0 Å². The van der Waals surface area contributed by atoms with E-state index in [4.69, 9.17) is 16.3 Å². The molecule has 0 aliphatic carbocycles. The van der Waals surface area contributed by atoms with Gasteiger partial charge in [0.2, 0.25) is 5.91 Å². The molecule has 2 aromatic carbocycles. The molecule has 0 radical (unpaired) electrons. The molecule has 136 valence electrons. The Morgan fingerprint density at radius 3 is 2.27 bits per heavy atom. The number of carbonyl (C=O) groups is 2. The second-order valence-electron chi connectivity index (χ2n) is 6.12. The maximum Gasteiger partial charge on any atom is 0.224 e. The second-order valence-corrected chi connectivity index (χ2v) is 6.56. The lowest BCUT2D eigenvalue weighted by Crippen LogP contribution is -2.36. The van der Waals surface area contributed by atoms with Crippen LogP contribution in [0.2, 0.25) is 5.02 Å². The number of nitrogens with zero attached hydrogens (tertiary/aromatic N) is 1. The third-order valence-electron chi connectivity index (χ3n) is 4.27. The summed E-state index contributed by atoms with van der Waals surface area (Å²) in [5.74, 6) is -0.245. The zero-order chi connectivity index (χ0) is 18.4. The molecule has 1 N–H and O–H groups in total. The number of rotatable bonds is 6. The van der Waals surface area contributed by atoms with Crippen molar-refractivity contribution in [3.63, 3.8) is 0 Å². The van der Waals surface area contributed by atoms with Crippen LogP contribution in [0.1, 0.15) is 23.2 Å². The number of anilines is 2. The van der Waals surface area contributed by atoms with E-state index in [1.807, 2.05) is 24.3 Å². The van der Waals surface area contributed by atoms with Crippen molar-refractivity contribution in [1.82, 2.24) is 0 Å². The molecule has 0 spiro atoms. The number of Topliss-reactive ketones (excluding diaryl/α,β-unsaturated/α-hetero) is 1. The first-order valence-electron chi connectivity index (χ1n) is 8.63. The van der Waals surface area contributed by atoms with Gasteiger partial charge in [0.15, 0.2) is 5.78 Å². The summed E-state index contributed by atoms with van der Waals surface area (Å²) in [5, 5.41) is 3.42. The summed E-state index contributed by atoms with van der Waals surface area (Å²) in [5.41, 5.74) is 2.41. The number of ketones is 1. The molecule has 2 aromatic rings. The van der Waals surface area contributed by atoms with Crippen LogP contribution in [0.15, 0.2) is 48.5 Å². The Balaban J connectivity index is 1.48. The minimum atomic E-state index is -0.175. The normalized spacial score (nSPS) is 14.1. The van der Waals surface area contributed by atoms with Crippen LogP contribution in [0, 0.1) is 0 Å². The van der Waals surface area contributed by atoms with Crippen LogP contribution in [0.25, 0.3) is 0 Å². The maximum atomic E-state index is 12.1. The van der Waals surface area contributed by atoms with Crippen molar-refractivity contribution < 1.29 is 14.3 Å². The van der Waals surface area contributed by atoms with Crippen molar-refractivity contribution in [2.75, 3.05) is 36.5 Å². The molecular formula is C20H21ClN2O3. The Morgan fingerprint density at radius 1 is 0.962 bits per heavy atom. The Bertz CT molecular complexity index is 754. The van der Waals surface area contributed by atoms with Gasteiger partial charge in [0.05, 0.1) is 13.2 Å². The quantitative estimate of drug-likeness (QED) is 0.784. The van der Waals surface area contributed by atoms with E-state index in [-0.39, 0.29) is 24.5 Å². The highest BCUT2D eigenvalue weighted by atomic mass is 35.5. The molecule has 1 aliphatic heterocycles. The minimum absolute atomic E-state index is 0.0699. The minimum Gasteiger partial charge on any atom is -0.378 e. The summed E-state index contributed by atoms with van der Waals surface area (Å²) in [7, 11) is 0. The molecule has 6 heteroatoms. The number of carbonyl (C=O) groups excluding carboxylic acids is 2. The molecule has 1 fully saturated rings. The van der Waals surface area contributed by atoms with Crippen molar-refractivity contribution in [3.05, 3.63) is 59.1 Å². The number of hydrogen-bond donors (Lipinski definition) is 1. The van der Waals surface area contributed by atoms with Crippen molar-refractivity contribution in [1.29, 1.82) is 0 Å². The van der Waals surface area contributed by atoms with Crippen molar-refractivity contribution >= 4 is 34.7 Å². The van der Waals surface area contributed by atoms with Gasteiger partial charge in [-0.05, 0) is 48.5 Å². The van der Waals surface area contributed by atoms with Gasteiger partial charge in [-0.2, -0.15) is 0 Å². The van der Waals surface area contributed by atoms with Crippen LogP contribution in [-0.2, 0) is 9.53 Å². The zero-order valence-electron chi connectivity index (χ0n) is 14.4. The van der Waals surface area contributed by atoms with Gasteiger partial charge < -0.3 is 15.0 Å². The molecule has 5 nitrogen and oxygen atoms in total. The molecular weight excluding hydrogens is 352 g/mol. The van der Waals surface area contributed by atoms with Gasteiger partial charge in [-0.3, -0.25) is 9.59 Å². The van der Waals surface area contributed by atoms with E-state index in [1.165, 1.54) is 0 Å². The number of amides is 1. The van der Waals surface area contributed by atoms with Gasteiger partial charge in [0.1, 0.15) is 0 Å². The first-order valence-corrected chi connectivity index (χ1v) is 9.01. The van der Waals surface area contributed by atoms with Gasteiger partial charge in [0.25, 0.3) is 0 Å². The van der Waals surface area contributed by atoms with Crippen molar-refractivity contribution in [3.8, 4) is 0 Å². The zero-order valence-corrected chi connectivity index (χ0v) is 15.2. The first-order chi connectivity index (χ1) is 12.6. The molecule has 3 rings (SSSR count). The van der Waals surface area contributed by atoms with Gasteiger partial charge in [0, 0.05) is 47.9 Å². The van der Waals surface area contributed by atoms with E-state index in [0.717, 1.165) is 37.7 Å². The molecule has 0 aromatic heterocycles. The van der Waals surface area contributed by atoms with Crippen LogP contribution < -0.4 is 10.2 Å². The standard InChI is InChI=1S/C20H21ClN2O3/c21-16-3-1-15(2-4-16)19(24)9-10-20(25)22-17-5-7-18(8-6-17)23-11-13-26-14-12-23/h1-8H,9-14H2,(H,22,25). The molecule has 1 aliphatic rings. The number of halogens is 1. The van der Waals surface area contributed by atoms with Crippen molar-refractivity contribution in [2.45, 2.75) is 12.8 Å². The highest BCUT2D eigenvalue weighted by molar-refractivity contribution is 6.30. The van der Waals surface area contributed by atoms with Gasteiger partial charge >= 0.3 is 0 Å². The van der Waals surface area contributed by atoms with E-state index >= 15 is 0 Å². The summed E-state index contributed by atoms with van der Waals surface area (Å²) in [6, 6.07) is 14.4.